The summed E-state index contributed by atoms with van der Waals surface area (Å²) in [6, 6.07) is 6.65. The van der Waals surface area contributed by atoms with Gasteiger partial charge in [0, 0.05) is 24.2 Å². The number of anilines is 5. The average Bonchev–Trinajstić information content (AvgIpc) is 2.84. The van der Waals surface area contributed by atoms with Crippen LogP contribution < -0.4 is 20.7 Å². The molecule has 0 aliphatic heterocycles. The molecule has 3 N–H and O–H groups in total. The van der Waals surface area contributed by atoms with Crippen LogP contribution in [0.3, 0.4) is 0 Å². The van der Waals surface area contributed by atoms with Crippen molar-refractivity contribution >= 4 is 34.7 Å². The number of methoxy groups -OCH3 is 1. The number of nitrogens with one attached hydrogen (secondary N) is 3. The van der Waals surface area contributed by atoms with Crippen LogP contribution in [-0.4, -0.2) is 36.2 Å². The van der Waals surface area contributed by atoms with Crippen molar-refractivity contribution in [1.29, 1.82) is 0 Å². The van der Waals surface area contributed by atoms with Gasteiger partial charge in [0.25, 0.3) is 0 Å². The largest absolute Gasteiger partial charge is 0.491 e. The van der Waals surface area contributed by atoms with Gasteiger partial charge in [0.15, 0.2) is 11.6 Å². The highest BCUT2D eigenvalue weighted by molar-refractivity contribution is 5.99. The number of ether oxygens (including phenoxy) is 2. The van der Waals surface area contributed by atoms with E-state index >= 15 is 0 Å². The van der Waals surface area contributed by atoms with Crippen molar-refractivity contribution in [2.75, 3.05) is 36.3 Å². The standard InChI is InChI=1S/C22H22FN5O3/c1-3-20(29)25-16-5-4-6-17(13-16)26-21-19(23)14-24-22(28-21)27-15-7-9-18(10-8-15)31-12-11-30-2/h3-10,13-14H,1,11-12H2,2H3,(H,25,29)(H2,24,26,27,28)/i4D,5D,6D,14D. The molecule has 0 saturated heterocycles. The van der Waals surface area contributed by atoms with E-state index in [-0.39, 0.29) is 17.3 Å². The van der Waals surface area contributed by atoms with Crippen molar-refractivity contribution in [3.05, 3.63) is 73.1 Å². The Hall–Kier alpha value is -3.98. The van der Waals surface area contributed by atoms with Gasteiger partial charge in [-0.15, -0.1) is 0 Å². The van der Waals surface area contributed by atoms with E-state index in [2.05, 4.69) is 32.5 Å². The second-order valence-electron chi connectivity index (χ2n) is 5.98. The van der Waals surface area contributed by atoms with Crippen LogP contribution in [0.15, 0.2) is 67.3 Å². The summed E-state index contributed by atoms with van der Waals surface area (Å²) >= 11 is 0. The maximum absolute atomic E-state index is 14.6. The number of nitrogens with zero attached hydrogens (tertiary/aromatic N) is 2. The zero-order valence-electron chi connectivity index (χ0n) is 20.6. The molecule has 0 spiro atoms. The minimum absolute atomic E-state index is 0.0786. The number of hydrogen-bond acceptors (Lipinski definition) is 7. The zero-order chi connectivity index (χ0) is 25.5. The number of aromatic nitrogens is 2. The molecule has 2 aromatic carbocycles. The van der Waals surface area contributed by atoms with Crippen LogP contribution in [0, 0.1) is 5.82 Å². The zero-order valence-corrected chi connectivity index (χ0v) is 16.6. The Morgan fingerprint density at radius 3 is 2.71 bits per heavy atom. The third-order valence-electron chi connectivity index (χ3n) is 3.73. The molecule has 1 heterocycles. The van der Waals surface area contributed by atoms with Crippen LogP contribution in [0.2, 0.25) is 0 Å². The molecule has 0 fully saturated rings. The van der Waals surface area contributed by atoms with Crippen molar-refractivity contribution < 1.29 is 24.1 Å². The molecular weight excluding hydrogens is 401 g/mol. The molecule has 0 aliphatic carbocycles. The minimum Gasteiger partial charge on any atom is -0.491 e. The van der Waals surface area contributed by atoms with E-state index in [1.165, 1.54) is 6.07 Å². The quantitative estimate of drug-likeness (QED) is 0.329. The molecule has 0 aliphatic rings. The summed E-state index contributed by atoms with van der Waals surface area (Å²) in [5.41, 5.74) is 0.361. The van der Waals surface area contributed by atoms with Gasteiger partial charge in [-0.1, -0.05) is 12.6 Å². The predicted octanol–water partition coefficient (Wildman–Crippen LogP) is 4.25. The van der Waals surface area contributed by atoms with Gasteiger partial charge in [-0.2, -0.15) is 4.98 Å². The maximum atomic E-state index is 14.6. The van der Waals surface area contributed by atoms with E-state index in [4.69, 9.17) is 15.0 Å². The lowest BCUT2D eigenvalue weighted by atomic mass is 10.2. The molecule has 9 heteroatoms. The Kier molecular flexibility index (Phi) is 5.79. The molecule has 3 aromatic rings. The molecular formula is C22H22FN5O3. The molecule has 0 bridgehead atoms. The van der Waals surface area contributed by atoms with E-state index in [9.17, 15) is 9.18 Å². The Labute approximate surface area is 184 Å². The van der Waals surface area contributed by atoms with Crippen LogP contribution in [-0.2, 0) is 9.53 Å². The van der Waals surface area contributed by atoms with Crippen molar-refractivity contribution in [3.8, 4) is 5.75 Å². The Morgan fingerprint density at radius 2 is 1.97 bits per heavy atom. The Balaban J connectivity index is 1.86. The fourth-order valence-electron chi connectivity index (χ4n) is 2.31. The smallest absolute Gasteiger partial charge is 0.247 e. The van der Waals surface area contributed by atoms with Crippen LogP contribution in [0.5, 0.6) is 5.75 Å². The molecule has 0 atom stereocenters. The number of hydrogen-bond donors (Lipinski definition) is 3. The highest BCUT2D eigenvalue weighted by Gasteiger charge is 2.09. The number of carbonyl (C=O) groups is 1. The van der Waals surface area contributed by atoms with Crippen molar-refractivity contribution in [2.24, 2.45) is 0 Å². The molecule has 0 unspecified atom stereocenters. The minimum atomic E-state index is -1.09. The van der Waals surface area contributed by atoms with Gasteiger partial charge in [0.05, 0.1) is 18.3 Å². The number of amides is 1. The number of halogens is 1. The van der Waals surface area contributed by atoms with Gasteiger partial charge in [-0.25, -0.2) is 9.37 Å². The molecule has 1 aromatic heterocycles. The van der Waals surface area contributed by atoms with Crippen LogP contribution in [0.25, 0.3) is 0 Å². The first-order valence-electron chi connectivity index (χ1n) is 11.1. The average molecular weight is 427 g/mol. The third-order valence-corrected chi connectivity index (χ3v) is 3.73. The molecule has 31 heavy (non-hydrogen) atoms. The fraction of sp³-hybridized carbons (Fsp3) is 0.136. The van der Waals surface area contributed by atoms with E-state index in [1.54, 1.807) is 31.4 Å². The molecule has 0 radical (unpaired) electrons. The molecule has 3 rings (SSSR count). The maximum Gasteiger partial charge on any atom is 0.247 e. The lowest BCUT2D eigenvalue weighted by Gasteiger charge is -2.11. The van der Waals surface area contributed by atoms with E-state index in [1.807, 2.05) is 0 Å². The summed E-state index contributed by atoms with van der Waals surface area (Å²) in [6.45, 7) is 4.16. The second-order valence-corrected chi connectivity index (χ2v) is 5.98. The Bertz CT molecular complexity index is 1240. The van der Waals surface area contributed by atoms with Gasteiger partial charge in [0.2, 0.25) is 11.9 Å². The lowest BCUT2D eigenvalue weighted by molar-refractivity contribution is -0.111. The highest BCUT2D eigenvalue weighted by Crippen LogP contribution is 2.23. The van der Waals surface area contributed by atoms with E-state index in [0.29, 0.717) is 24.7 Å². The molecule has 160 valence electrons. The number of benzene rings is 2. The monoisotopic (exact) mass is 427 g/mol. The summed E-state index contributed by atoms with van der Waals surface area (Å²) in [6.07, 6.45) is 0.275. The van der Waals surface area contributed by atoms with Crippen LogP contribution in [0.4, 0.5) is 33.2 Å². The summed E-state index contributed by atoms with van der Waals surface area (Å²) in [5.74, 6) is -1.62. The first-order valence-corrected chi connectivity index (χ1v) is 9.07. The highest BCUT2D eigenvalue weighted by atomic mass is 19.1. The SMILES string of the molecule is [2H]c1nc(Nc2ccc(OCCOC)cc2)nc(Nc2cc(NC(=O)C=C)c([2H])c([2H])c2[2H])c1F. The predicted molar refractivity (Wildman–Crippen MR) is 118 cm³/mol. The summed E-state index contributed by atoms with van der Waals surface area (Å²) in [7, 11) is 1.57. The van der Waals surface area contributed by atoms with Gasteiger partial charge in [0.1, 0.15) is 12.4 Å². The van der Waals surface area contributed by atoms with E-state index in [0.717, 1.165) is 6.08 Å². The summed E-state index contributed by atoms with van der Waals surface area (Å²) < 4.78 is 56.9. The summed E-state index contributed by atoms with van der Waals surface area (Å²) in [5, 5.41) is 7.78. The van der Waals surface area contributed by atoms with Crippen molar-refractivity contribution in [3.63, 3.8) is 0 Å². The fourth-order valence-corrected chi connectivity index (χ4v) is 2.31. The number of rotatable bonds is 10. The van der Waals surface area contributed by atoms with Crippen LogP contribution in [0.1, 0.15) is 5.48 Å². The topological polar surface area (TPSA) is 97.4 Å². The van der Waals surface area contributed by atoms with Gasteiger partial charge >= 0.3 is 0 Å². The Morgan fingerprint density at radius 1 is 1.19 bits per heavy atom. The van der Waals surface area contributed by atoms with Crippen LogP contribution >= 0.6 is 0 Å². The van der Waals surface area contributed by atoms with Crippen molar-refractivity contribution in [1.82, 2.24) is 9.97 Å². The summed E-state index contributed by atoms with van der Waals surface area (Å²) in [4.78, 5) is 19.4. The molecule has 8 nitrogen and oxygen atoms in total. The van der Waals surface area contributed by atoms with Gasteiger partial charge < -0.3 is 25.4 Å². The molecule has 0 saturated carbocycles. The van der Waals surface area contributed by atoms with Gasteiger partial charge in [-0.3, -0.25) is 4.79 Å². The normalized spacial score (nSPS) is 12.1. The number of carbonyl (C=O) groups excluding carboxylic acids is 1. The van der Waals surface area contributed by atoms with Gasteiger partial charge in [-0.05, 0) is 48.5 Å². The molecule has 1 amide bonds. The lowest BCUT2D eigenvalue weighted by Crippen LogP contribution is -2.07. The first-order chi connectivity index (χ1) is 16.7. The third kappa shape index (κ3) is 6.51. The first kappa shape index (κ1) is 16.8. The second kappa shape index (κ2) is 10.7. The van der Waals surface area contributed by atoms with E-state index < -0.39 is 41.8 Å². The van der Waals surface area contributed by atoms with Crippen molar-refractivity contribution in [2.45, 2.75) is 0 Å².